The molecule has 0 aliphatic carbocycles. The molecule has 0 saturated carbocycles. The summed E-state index contributed by atoms with van der Waals surface area (Å²) in [5.74, 6) is 1.74. The Morgan fingerprint density at radius 3 is 1.92 bits per heavy atom. The van der Waals surface area contributed by atoms with Gasteiger partial charge >= 0.3 is 0 Å². The molecule has 0 aromatic rings. The van der Waals surface area contributed by atoms with E-state index in [0.29, 0.717) is 5.41 Å². The maximum Gasteiger partial charge on any atom is -0.0326 e. The second kappa shape index (κ2) is 5.67. The monoisotopic (exact) mass is 184 g/mol. The lowest BCUT2D eigenvalue weighted by molar-refractivity contribution is 0.136. The van der Waals surface area contributed by atoms with Crippen LogP contribution in [-0.2, 0) is 0 Å². The van der Waals surface area contributed by atoms with Crippen LogP contribution in [0, 0.1) is 17.3 Å². The van der Waals surface area contributed by atoms with Crippen LogP contribution < -0.4 is 0 Å². The molecule has 0 fully saturated rings. The lowest BCUT2D eigenvalue weighted by Gasteiger charge is -2.36. The molecule has 0 radical (unpaired) electrons. The first-order valence-corrected chi connectivity index (χ1v) is 5.95. The van der Waals surface area contributed by atoms with Crippen molar-refractivity contribution in [2.24, 2.45) is 17.3 Å². The van der Waals surface area contributed by atoms with Crippen molar-refractivity contribution in [3.05, 3.63) is 0 Å². The van der Waals surface area contributed by atoms with E-state index in [1.54, 1.807) is 0 Å². The number of rotatable bonds is 6. The van der Waals surface area contributed by atoms with E-state index in [0.717, 1.165) is 11.8 Å². The van der Waals surface area contributed by atoms with Crippen molar-refractivity contribution in [1.82, 2.24) is 0 Å². The third kappa shape index (κ3) is 4.15. The minimum Gasteiger partial charge on any atom is -0.0654 e. The quantitative estimate of drug-likeness (QED) is 0.551. The third-order valence-corrected chi connectivity index (χ3v) is 3.59. The van der Waals surface area contributed by atoms with Crippen molar-refractivity contribution in [2.75, 3.05) is 0 Å². The van der Waals surface area contributed by atoms with Gasteiger partial charge in [0.05, 0.1) is 0 Å². The summed E-state index contributed by atoms with van der Waals surface area (Å²) in [4.78, 5) is 0. The van der Waals surface area contributed by atoms with E-state index in [1.165, 1.54) is 25.7 Å². The molecule has 0 heteroatoms. The zero-order valence-electron chi connectivity index (χ0n) is 10.5. The molecule has 0 aromatic carbocycles. The summed E-state index contributed by atoms with van der Waals surface area (Å²) in [7, 11) is 0. The molecular formula is C13H28. The molecule has 0 heterocycles. The summed E-state index contributed by atoms with van der Waals surface area (Å²) in [5, 5.41) is 0. The van der Waals surface area contributed by atoms with Crippen molar-refractivity contribution in [1.29, 1.82) is 0 Å². The van der Waals surface area contributed by atoms with Crippen molar-refractivity contribution in [3.63, 3.8) is 0 Å². The van der Waals surface area contributed by atoms with E-state index >= 15 is 0 Å². The van der Waals surface area contributed by atoms with Gasteiger partial charge in [0.2, 0.25) is 0 Å². The van der Waals surface area contributed by atoms with Gasteiger partial charge in [0.15, 0.2) is 0 Å². The summed E-state index contributed by atoms with van der Waals surface area (Å²) < 4.78 is 0. The molecule has 80 valence electrons. The van der Waals surface area contributed by atoms with Crippen LogP contribution in [0.1, 0.15) is 67.2 Å². The Hall–Kier alpha value is 0. The molecule has 0 spiro atoms. The zero-order valence-corrected chi connectivity index (χ0v) is 10.5. The molecule has 0 aliphatic rings. The lowest BCUT2D eigenvalue weighted by Crippen LogP contribution is -2.27. The first-order chi connectivity index (χ1) is 5.95. The molecule has 0 amide bonds. The van der Waals surface area contributed by atoms with Gasteiger partial charge in [-0.2, -0.15) is 0 Å². The number of hydrogen-bond acceptors (Lipinski definition) is 0. The second-order valence-electron chi connectivity index (χ2n) is 5.33. The summed E-state index contributed by atoms with van der Waals surface area (Å²) in [5.41, 5.74) is 0.531. The van der Waals surface area contributed by atoms with Crippen LogP contribution in [0.3, 0.4) is 0 Å². The fourth-order valence-electron chi connectivity index (χ4n) is 2.31. The molecule has 0 aliphatic heterocycles. The molecule has 0 saturated heterocycles. The maximum atomic E-state index is 2.42. The molecule has 1 unspecified atom stereocenters. The molecule has 13 heavy (non-hydrogen) atoms. The highest BCUT2D eigenvalue weighted by atomic mass is 14.3. The van der Waals surface area contributed by atoms with Crippen LogP contribution in [0.15, 0.2) is 0 Å². The predicted molar refractivity (Wildman–Crippen MR) is 61.9 cm³/mol. The van der Waals surface area contributed by atoms with Crippen LogP contribution in [0.25, 0.3) is 0 Å². The second-order valence-corrected chi connectivity index (χ2v) is 5.33. The molecule has 0 nitrogen and oxygen atoms in total. The normalized spacial score (nSPS) is 15.0. The van der Waals surface area contributed by atoms with E-state index in [9.17, 15) is 0 Å². The summed E-state index contributed by atoms with van der Waals surface area (Å²) in [6.07, 6.45) is 5.45. The average molecular weight is 184 g/mol. The standard InChI is InChI=1S/C13H28/c1-7-9-10-12(11(3)4)13(5,6)8-2/h11-12H,7-10H2,1-6H3. The Labute approximate surface area is 85.1 Å². The van der Waals surface area contributed by atoms with Gasteiger partial charge in [-0.25, -0.2) is 0 Å². The number of unbranched alkanes of at least 4 members (excludes halogenated alkanes) is 1. The molecule has 0 rings (SSSR count). The summed E-state index contributed by atoms with van der Waals surface area (Å²) >= 11 is 0. The molecular weight excluding hydrogens is 156 g/mol. The predicted octanol–water partition coefficient (Wildman–Crippen LogP) is 4.89. The van der Waals surface area contributed by atoms with E-state index in [2.05, 4.69) is 41.5 Å². The highest BCUT2D eigenvalue weighted by Gasteiger charge is 2.29. The zero-order chi connectivity index (χ0) is 10.5. The Morgan fingerprint density at radius 2 is 1.62 bits per heavy atom. The fourth-order valence-corrected chi connectivity index (χ4v) is 2.31. The Kier molecular flexibility index (Phi) is 5.67. The molecule has 0 aromatic heterocycles. The van der Waals surface area contributed by atoms with Crippen LogP contribution in [0.4, 0.5) is 0 Å². The van der Waals surface area contributed by atoms with E-state index < -0.39 is 0 Å². The maximum absolute atomic E-state index is 2.42. The highest BCUT2D eigenvalue weighted by Crippen LogP contribution is 2.38. The van der Waals surface area contributed by atoms with Crippen LogP contribution in [-0.4, -0.2) is 0 Å². The van der Waals surface area contributed by atoms with Gasteiger partial charge in [-0.05, 0) is 23.7 Å². The van der Waals surface area contributed by atoms with E-state index in [-0.39, 0.29) is 0 Å². The molecule has 0 bridgehead atoms. The smallest absolute Gasteiger partial charge is 0.0326 e. The van der Waals surface area contributed by atoms with Crippen molar-refractivity contribution >= 4 is 0 Å². The van der Waals surface area contributed by atoms with E-state index in [1.807, 2.05) is 0 Å². The SMILES string of the molecule is CCCCC(C(C)C)C(C)(C)CC. The molecule has 0 N–H and O–H groups in total. The van der Waals surface area contributed by atoms with Crippen LogP contribution in [0.2, 0.25) is 0 Å². The lowest BCUT2D eigenvalue weighted by atomic mass is 9.69. The van der Waals surface area contributed by atoms with Crippen LogP contribution in [0.5, 0.6) is 0 Å². The summed E-state index contributed by atoms with van der Waals surface area (Å²) in [6, 6.07) is 0. The van der Waals surface area contributed by atoms with Crippen molar-refractivity contribution in [3.8, 4) is 0 Å². The average Bonchev–Trinajstić information content (AvgIpc) is 2.04. The summed E-state index contributed by atoms with van der Waals surface area (Å²) in [6.45, 7) is 14.2. The Balaban J connectivity index is 4.23. The van der Waals surface area contributed by atoms with E-state index in [4.69, 9.17) is 0 Å². The molecule has 1 atom stereocenters. The minimum absolute atomic E-state index is 0.531. The first-order valence-electron chi connectivity index (χ1n) is 5.95. The van der Waals surface area contributed by atoms with Gasteiger partial charge < -0.3 is 0 Å². The minimum atomic E-state index is 0.531. The van der Waals surface area contributed by atoms with Gasteiger partial charge in [-0.3, -0.25) is 0 Å². The van der Waals surface area contributed by atoms with Gasteiger partial charge in [0.1, 0.15) is 0 Å². The Bertz CT molecular complexity index is 122. The van der Waals surface area contributed by atoms with Crippen molar-refractivity contribution < 1.29 is 0 Å². The van der Waals surface area contributed by atoms with Crippen molar-refractivity contribution in [2.45, 2.75) is 67.2 Å². The van der Waals surface area contributed by atoms with Gasteiger partial charge in [0, 0.05) is 0 Å². The van der Waals surface area contributed by atoms with Gasteiger partial charge in [-0.15, -0.1) is 0 Å². The Morgan fingerprint density at radius 1 is 1.08 bits per heavy atom. The highest BCUT2D eigenvalue weighted by molar-refractivity contribution is 4.79. The van der Waals surface area contributed by atoms with Crippen LogP contribution >= 0.6 is 0 Å². The fraction of sp³-hybridized carbons (Fsp3) is 1.00. The first kappa shape index (κ1) is 13.0. The topological polar surface area (TPSA) is 0 Å². The number of hydrogen-bond donors (Lipinski definition) is 0. The third-order valence-electron chi connectivity index (χ3n) is 3.59. The van der Waals surface area contributed by atoms with Gasteiger partial charge in [-0.1, -0.05) is 60.8 Å². The largest absolute Gasteiger partial charge is 0.0654 e. The van der Waals surface area contributed by atoms with Gasteiger partial charge in [0.25, 0.3) is 0 Å².